The Bertz CT molecular complexity index is 925. The van der Waals surface area contributed by atoms with Gasteiger partial charge in [0, 0.05) is 30.5 Å². The molecular formula is C20H22N2O3S. The first-order chi connectivity index (χ1) is 12.5. The molecule has 26 heavy (non-hydrogen) atoms. The first kappa shape index (κ1) is 17.2. The van der Waals surface area contributed by atoms with Gasteiger partial charge in [-0.05, 0) is 60.6 Å². The van der Waals surface area contributed by atoms with Gasteiger partial charge >= 0.3 is 0 Å². The summed E-state index contributed by atoms with van der Waals surface area (Å²) in [5, 5.41) is 0. The van der Waals surface area contributed by atoms with Crippen molar-refractivity contribution in [3.05, 3.63) is 65.0 Å². The van der Waals surface area contributed by atoms with E-state index in [0.717, 1.165) is 24.8 Å². The van der Waals surface area contributed by atoms with Crippen LogP contribution in [0.15, 0.2) is 42.7 Å². The van der Waals surface area contributed by atoms with Crippen molar-refractivity contribution in [2.75, 3.05) is 11.5 Å². The van der Waals surface area contributed by atoms with Crippen LogP contribution in [0.1, 0.15) is 39.9 Å². The molecule has 0 bridgehead atoms. The van der Waals surface area contributed by atoms with Crippen LogP contribution < -0.4 is 0 Å². The summed E-state index contributed by atoms with van der Waals surface area (Å²) in [4.78, 5) is 19.1. The molecule has 1 aliphatic carbocycles. The Morgan fingerprint density at radius 2 is 2.04 bits per heavy atom. The molecule has 2 aromatic rings. The van der Waals surface area contributed by atoms with Gasteiger partial charge in [0.25, 0.3) is 5.91 Å². The van der Waals surface area contributed by atoms with Crippen molar-refractivity contribution in [2.45, 2.75) is 38.3 Å². The second-order valence-electron chi connectivity index (χ2n) is 7.19. The Labute approximate surface area is 154 Å². The van der Waals surface area contributed by atoms with E-state index in [0.29, 0.717) is 18.5 Å². The first-order valence-electron chi connectivity index (χ1n) is 9.04. The van der Waals surface area contributed by atoms with E-state index in [-0.39, 0.29) is 23.5 Å². The number of fused-ring (bicyclic) bond motifs is 1. The molecule has 1 unspecified atom stereocenters. The highest BCUT2D eigenvalue weighted by molar-refractivity contribution is 7.91. The zero-order valence-corrected chi connectivity index (χ0v) is 15.4. The quantitative estimate of drug-likeness (QED) is 0.829. The van der Waals surface area contributed by atoms with Gasteiger partial charge in [0.05, 0.1) is 11.5 Å². The number of aromatic nitrogens is 1. The Balaban J connectivity index is 1.64. The molecule has 1 amide bonds. The van der Waals surface area contributed by atoms with E-state index in [9.17, 15) is 13.2 Å². The predicted molar refractivity (Wildman–Crippen MR) is 99.6 cm³/mol. The number of rotatable bonds is 4. The molecule has 0 N–H and O–H groups in total. The van der Waals surface area contributed by atoms with Crippen molar-refractivity contribution >= 4 is 15.7 Å². The predicted octanol–water partition coefficient (Wildman–Crippen LogP) is 2.40. The lowest BCUT2D eigenvalue weighted by Crippen LogP contribution is -2.40. The van der Waals surface area contributed by atoms with Gasteiger partial charge in [0.15, 0.2) is 9.84 Å². The molecule has 1 aliphatic heterocycles. The van der Waals surface area contributed by atoms with Crippen LogP contribution in [0.2, 0.25) is 0 Å². The minimum atomic E-state index is -3.07. The van der Waals surface area contributed by atoms with Gasteiger partial charge in [0.2, 0.25) is 0 Å². The molecule has 1 atom stereocenters. The maximum absolute atomic E-state index is 13.3. The van der Waals surface area contributed by atoms with E-state index in [4.69, 9.17) is 0 Å². The number of benzene rings is 1. The molecule has 1 fully saturated rings. The summed E-state index contributed by atoms with van der Waals surface area (Å²) in [7, 11) is -3.07. The van der Waals surface area contributed by atoms with Crippen molar-refractivity contribution in [3.63, 3.8) is 0 Å². The number of amides is 1. The van der Waals surface area contributed by atoms with Crippen LogP contribution in [0.25, 0.3) is 0 Å². The number of hydrogen-bond acceptors (Lipinski definition) is 4. The summed E-state index contributed by atoms with van der Waals surface area (Å²) in [6, 6.07) is 9.39. The Hall–Kier alpha value is -2.21. The summed E-state index contributed by atoms with van der Waals surface area (Å²) in [6.07, 6.45) is 7.13. The number of sulfone groups is 1. The van der Waals surface area contributed by atoms with Crippen LogP contribution >= 0.6 is 0 Å². The lowest BCUT2D eigenvalue weighted by atomic mass is 10.0. The Morgan fingerprint density at radius 1 is 1.19 bits per heavy atom. The molecule has 2 heterocycles. The average Bonchev–Trinajstić information content (AvgIpc) is 3.25. The van der Waals surface area contributed by atoms with E-state index < -0.39 is 9.84 Å². The molecule has 1 aromatic heterocycles. The molecule has 0 saturated carbocycles. The minimum Gasteiger partial charge on any atom is -0.330 e. The molecule has 6 heteroatoms. The summed E-state index contributed by atoms with van der Waals surface area (Å²) in [6.45, 7) is 0.379. The fourth-order valence-electron chi connectivity index (χ4n) is 3.95. The Kier molecular flexibility index (Phi) is 4.53. The molecule has 5 nitrogen and oxygen atoms in total. The fourth-order valence-corrected chi connectivity index (χ4v) is 5.68. The van der Waals surface area contributed by atoms with E-state index in [1.165, 1.54) is 11.1 Å². The summed E-state index contributed by atoms with van der Waals surface area (Å²) in [5.74, 6) is 0.105. The third kappa shape index (κ3) is 3.51. The average molecular weight is 370 g/mol. The van der Waals surface area contributed by atoms with E-state index >= 15 is 0 Å². The summed E-state index contributed by atoms with van der Waals surface area (Å²) < 4.78 is 23.9. The highest BCUT2D eigenvalue weighted by Gasteiger charge is 2.35. The molecule has 4 rings (SSSR count). The number of hydrogen-bond donors (Lipinski definition) is 0. The van der Waals surface area contributed by atoms with Gasteiger partial charge in [-0.25, -0.2) is 8.42 Å². The van der Waals surface area contributed by atoms with Crippen LogP contribution in [-0.2, 0) is 29.2 Å². The monoisotopic (exact) mass is 370 g/mol. The fraction of sp³-hybridized carbons (Fsp3) is 0.400. The largest absolute Gasteiger partial charge is 0.330 e. The maximum atomic E-state index is 13.3. The van der Waals surface area contributed by atoms with Crippen LogP contribution in [0.4, 0.5) is 0 Å². The Morgan fingerprint density at radius 3 is 2.77 bits per heavy atom. The number of carbonyl (C=O) groups excluding carboxylic acids is 1. The van der Waals surface area contributed by atoms with Crippen LogP contribution in [0.5, 0.6) is 0 Å². The normalized spacial score (nSPS) is 20.7. The van der Waals surface area contributed by atoms with Crippen molar-refractivity contribution < 1.29 is 13.2 Å². The van der Waals surface area contributed by atoms with Gasteiger partial charge in [-0.15, -0.1) is 0 Å². The van der Waals surface area contributed by atoms with Gasteiger partial charge in [-0.1, -0.05) is 12.1 Å². The highest BCUT2D eigenvalue weighted by atomic mass is 32.2. The molecule has 0 spiro atoms. The van der Waals surface area contributed by atoms with Gasteiger partial charge in [-0.2, -0.15) is 0 Å². The SMILES string of the molecule is O=C(c1ccc2c(c1)CCC2)N(Cc1cccnc1)C1CCS(=O)(=O)C1. The molecule has 136 valence electrons. The third-order valence-corrected chi connectivity index (χ3v) is 7.08. The first-order valence-corrected chi connectivity index (χ1v) is 10.9. The second-order valence-corrected chi connectivity index (χ2v) is 9.42. The maximum Gasteiger partial charge on any atom is 0.254 e. The summed E-state index contributed by atoms with van der Waals surface area (Å²) in [5.41, 5.74) is 4.13. The van der Waals surface area contributed by atoms with Gasteiger partial charge < -0.3 is 4.90 Å². The van der Waals surface area contributed by atoms with Gasteiger partial charge in [-0.3, -0.25) is 9.78 Å². The van der Waals surface area contributed by atoms with Crippen LogP contribution in [0, 0.1) is 0 Å². The topological polar surface area (TPSA) is 67.3 Å². The lowest BCUT2D eigenvalue weighted by molar-refractivity contribution is 0.0680. The van der Waals surface area contributed by atoms with Gasteiger partial charge in [0.1, 0.15) is 0 Å². The lowest BCUT2D eigenvalue weighted by Gasteiger charge is -2.28. The van der Waals surface area contributed by atoms with E-state index in [1.54, 1.807) is 17.3 Å². The highest BCUT2D eigenvalue weighted by Crippen LogP contribution is 2.26. The molecular weight excluding hydrogens is 348 g/mol. The van der Waals surface area contributed by atoms with Crippen LogP contribution in [0.3, 0.4) is 0 Å². The zero-order chi connectivity index (χ0) is 18.1. The van der Waals surface area contributed by atoms with Crippen molar-refractivity contribution in [2.24, 2.45) is 0 Å². The van der Waals surface area contributed by atoms with E-state index in [1.807, 2.05) is 30.3 Å². The zero-order valence-electron chi connectivity index (χ0n) is 14.6. The van der Waals surface area contributed by atoms with Crippen molar-refractivity contribution in [1.82, 2.24) is 9.88 Å². The van der Waals surface area contributed by atoms with Crippen molar-refractivity contribution in [1.29, 1.82) is 0 Å². The second kappa shape index (κ2) is 6.83. The van der Waals surface area contributed by atoms with E-state index in [2.05, 4.69) is 4.98 Å². The number of pyridine rings is 1. The van der Waals surface area contributed by atoms with Crippen molar-refractivity contribution in [3.8, 4) is 0 Å². The molecule has 1 saturated heterocycles. The minimum absolute atomic E-state index is 0.0456. The summed E-state index contributed by atoms with van der Waals surface area (Å²) >= 11 is 0. The number of aryl methyl sites for hydroxylation is 2. The molecule has 1 aromatic carbocycles. The number of nitrogens with zero attached hydrogens (tertiary/aromatic N) is 2. The molecule has 2 aliphatic rings. The smallest absolute Gasteiger partial charge is 0.254 e. The number of carbonyl (C=O) groups is 1. The standard InChI is InChI=1S/C20H22N2O3S/c23-20(18-7-6-16-4-1-5-17(16)11-18)22(13-15-3-2-9-21-12-15)19-8-10-26(24,25)14-19/h2-3,6-7,9,11-12,19H,1,4-5,8,10,13-14H2. The molecule has 0 radical (unpaired) electrons. The third-order valence-electron chi connectivity index (χ3n) is 5.33. The van der Waals surface area contributed by atoms with Crippen LogP contribution in [-0.4, -0.2) is 41.8 Å².